The number of hydrogen-bond donors (Lipinski definition) is 0. The molecule has 1 aliphatic rings. The minimum Gasteiger partial charge on any atom is -0.368 e. The van der Waals surface area contributed by atoms with Crippen molar-refractivity contribution in [2.24, 2.45) is 0 Å². The molecule has 0 aliphatic carbocycles. The van der Waals surface area contributed by atoms with Crippen molar-refractivity contribution in [1.82, 2.24) is 4.90 Å². The maximum atomic E-state index is 14.0. The van der Waals surface area contributed by atoms with E-state index in [1.165, 1.54) is 17.7 Å². The van der Waals surface area contributed by atoms with E-state index in [0.717, 1.165) is 25.8 Å². The van der Waals surface area contributed by atoms with E-state index in [4.69, 9.17) is 0 Å². The van der Waals surface area contributed by atoms with Gasteiger partial charge in [0.2, 0.25) is 0 Å². The van der Waals surface area contributed by atoms with E-state index in [1.54, 1.807) is 13.0 Å². The first-order chi connectivity index (χ1) is 16.9. The predicted octanol–water partition coefficient (Wildman–Crippen LogP) is 6.37. The molecule has 36 heavy (non-hydrogen) atoms. The van der Waals surface area contributed by atoms with Crippen molar-refractivity contribution >= 4 is 11.8 Å². The van der Waals surface area contributed by atoms with Crippen LogP contribution in [-0.2, 0) is 21.6 Å². The SMILES string of the molecule is C/C=C\c1cc(C(OCOC)(C(F)(F)F)C(F)(F)F)ccc1N1CCN(Cc2ccccc2)[C@H](C)C1. The Bertz CT molecular complexity index is 1010. The lowest BCUT2D eigenvalue weighted by Gasteiger charge is -2.42. The number of hydrogen-bond acceptors (Lipinski definition) is 4. The molecule has 0 amide bonds. The van der Waals surface area contributed by atoms with Crippen LogP contribution < -0.4 is 4.90 Å². The first-order valence-corrected chi connectivity index (χ1v) is 11.5. The van der Waals surface area contributed by atoms with Crippen molar-refractivity contribution in [2.75, 3.05) is 38.4 Å². The standard InChI is InChI=1S/C26H30F6N2O2/c1-4-8-21-15-22(24(25(27,28)29,26(30,31)32)36-18-35-3)11-12-23(21)34-14-13-33(19(2)16-34)17-20-9-6-5-7-10-20/h4-12,15,19H,13-14,16-18H2,1-3H3/b8-4-/t19-/m1/s1. The number of benzene rings is 2. The van der Waals surface area contributed by atoms with Crippen LogP contribution in [0.2, 0.25) is 0 Å². The summed E-state index contributed by atoms with van der Waals surface area (Å²) in [6.45, 7) is 5.12. The second-order valence-corrected chi connectivity index (χ2v) is 8.75. The highest BCUT2D eigenvalue weighted by Crippen LogP contribution is 2.53. The van der Waals surface area contributed by atoms with E-state index in [1.807, 2.05) is 35.2 Å². The lowest BCUT2D eigenvalue weighted by molar-refractivity contribution is -0.400. The van der Waals surface area contributed by atoms with E-state index in [9.17, 15) is 26.3 Å². The normalized spacial score (nSPS) is 18.2. The average Bonchev–Trinajstić information content (AvgIpc) is 2.80. The molecule has 1 saturated heterocycles. The molecule has 198 valence electrons. The summed E-state index contributed by atoms with van der Waals surface area (Å²) < 4.78 is 92.8. The third-order valence-corrected chi connectivity index (χ3v) is 6.31. The molecular weight excluding hydrogens is 486 g/mol. The van der Waals surface area contributed by atoms with Gasteiger partial charge in [-0.2, -0.15) is 26.3 Å². The fourth-order valence-corrected chi connectivity index (χ4v) is 4.52. The third-order valence-electron chi connectivity index (χ3n) is 6.31. The Balaban J connectivity index is 1.95. The number of piperazine rings is 1. The molecule has 1 aliphatic heterocycles. The largest absolute Gasteiger partial charge is 0.430 e. The second-order valence-electron chi connectivity index (χ2n) is 8.75. The quantitative estimate of drug-likeness (QED) is 0.301. The zero-order valence-corrected chi connectivity index (χ0v) is 20.4. The van der Waals surface area contributed by atoms with Gasteiger partial charge in [0.05, 0.1) is 0 Å². The maximum Gasteiger partial charge on any atom is 0.430 e. The number of nitrogens with zero attached hydrogens (tertiary/aromatic N) is 2. The van der Waals surface area contributed by atoms with Crippen LogP contribution in [0.1, 0.15) is 30.5 Å². The summed E-state index contributed by atoms with van der Waals surface area (Å²) in [6.07, 6.45) is -8.45. The van der Waals surface area contributed by atoms with E-state index >= 15 is 0 Å². The van der Waals surface area contributed by atoms with Crippen LogP contribution in [0.4, 0.5) is 32.0 Å². The van der Waals surface area contributed by atoms with Gasteiger partial charge in [-0.3, -0.25) is 4.90 Å². The summed E-state index contributed by atoms with van der Waals surface area (Å²) in [4.78, 5) is 4.29. The molecule has 10 heteroatoms. The van der Waals surface area contributed by atoms with Crippen molar-refractivity contribution in [3.8, 4) is 0 Å². The number of halogens is 6. The molecule has 1 fully saturated rings. The van der Waals surface area contributed by atoms with Gasteiger partial charge >= 0.3 is 12.4 Å². The van der Waals surface area contributed by atoms with Gasteiger partial charge in [-0.15, -0.1) is 0 Å². The number of allylic oxidation sites excluding steroid dienone is 1. The predicted molar refractivity (Wildman–Crippen MR) is 126 cm³/mol. The van der Waals surface area contributed by atoms with Crippen LogP contribution in [0.3, 0.4) is 0 Å². The van der Waals surface area contributed by atoms with Crippen LogP contribution in [0, 0.1) is 0 Å². The highest BCUT2D eigenvalue weighted by atomic mass is 19.4. The molecule has 0 saturated carbocycles. The third kappa shape index (κ3) is 5.71. The zero-order valence-electron chi connectivity index (χ0n) is 20.4. The van der Waals surface area contributed by atoms with Gasteiger partial charge in [0.1, 0.15) is 6.79 Å². The maximum absolute atomic E-state index is 14.0. The van der Waals surface area contributed by atoms with Crippen LogP contribution >= 0.6 is 0 Å². The minimum atomic E-state index is -5.77. The number of ether oxygens (including phenoxy) is 2. The van der Waals surface area contributed by atoms with Gasteiger partial charge in [-0.1, -0.05) is 48.6 Å². The van der Waals surface area contributed by atoms with Crippen molar-refractivity contribution in [1.29, 1.82) is 0 Å². The Kier molecular flexibility index (Phi) is 8.74. The summed E-state index contributed by atoms with van der Waals surface area (Å²) in [5.41, 5.74) is -3.59. The Morgan fingerprint density at radius 3 is 2.19 bits per heavy atom. The summed E-state index contributed by atoms with van der Waals surface area (Å²) in [6, 6.07) is 13.2. The van der Waals surface area contributed by atoms with Gasteiger partial charge in [-0.05, 0) is 37.1 Å². The van der Waals surface area contributed by atoms with Gasteiger partial charge in [0.15, 0.2) is 0 Å². The van der Waals surface area contributed by atoms with Crippen LogP contribution in [0.5, 0.6) is 0 Å². The molecular formula is C26H30F6N2O2. The van der Waals surface area contributed by atoms with E-state index in [2.05, 4.69) is 21.3 Å². The minimum absolute atomic E-state index is 0.117. The fourth-order valence-electron chi connectivity index (χ4n) is 4.52. The Labute approximate surface area is 207 Å². The Hall–Kier alpha value is -2.56. The number of alkyl halides is 6. The van der Waals surface area contributed by atoms with Gasteiger partial charge < -0.3 is 14.4 Å². The molecule has 2 aromatic carbocycles. The number of anilines is 1. The summed E-state index contributed by atoms with van der Waals surface area (Å²) in [7, 11) is 0.963. The Morgan fingerprint density at radius 1 is 0.972 bits per heavy atom. The van der Waals surface area contributed by atoms with Crippen molar-refractivity contribution in [3.05, 3.63) is 71.3 Å². The summed E-state index contributed by atoms with van der Waals surface area (Å²) in [5, 5.41) is 0. The fraction of sp³-hybridized carbons (Fsp3) is 0.462. The molecule has 0 unspecified atom stereocenters. The van der Waals surface area contributed by atoms with Crippen molar-refractivity contribution in [3.63, 3.8) is 0 Å². The molecule has 3 rings (SSSR count). The Morgan fingerprint density at radius 2 is 1.64 bits per heavy atom. The highest BCUT2D eigenvalue weighted by molar-refractivity contribution is 5.69. The second kappa shape index (κ2) is 11.2. The molecule has 0 bridgehead atoms. The molecule has 2 aromatic rings. The number of methoxy groups -OCH3 is 1. The molecule has 0 radical (unpaired) electrons. The molecule has 1 heterocycles. The van der Waals surface area contributed by atoms with Gasteiger partial charge in [0, 0.05) is 50.6 Å². The molecule has 4 nitrogen and oxygen atoms in total. The smallest absolute Gasteiger partial charge is 0.368 e. The van der Waals surface area contributed by atoms with Crippen LogP contribution in [-0.4, -0.2) is 56.8 Å². The van der Waals surface area contributed by atoms with Crippen LogP contribution in [0.25, 0.3) is 6.08 Å². The van der Waals surface area contributed by atoms with Crippen molar-refractivity contribution < 1.29 is 35.8 Å². The van der Waals surface area contributed by atoms with Gasteiger partial charge in [-0.25, -0.2) is 0 Å². The lowest BCUT2D eigenvalue weighted by Crippen LogP contribution is -2.56. The van der Waals surface area contributed by atoms with Crippen molar-refractivity contribution in [2.45, 2.75) is 44.4 Å². The van der Waals surface area contributed by atoms with Crippen LogP contribution in [0.15, 0.2) is 54.6 Å². The van der Waals surface area contributed by atoms with E-state index < -0.39 is 30.3 Å². The van der Waals surface area contributed by atoms with E-state index in [-0.39, 0.29) is 11.6 Å². The lowest BCUT2D eigenvalue weighted by atomic mass is 9.89. The first kappa shape index (κ1) is 28.0. The monoisotopic (exact) mass is 516 g/mol. The summed E-state index contributed by atoms with van der Waals surface area (Å²) in [5.74, 6) is 0. The zero-order chi connectivity index (χ0) is 26.6. The molecule has 0 spiro atoms. The average molecular weight is 517 g/mol. The van der Waals surface area contributed by atoms with Gasteiger partial charge in [0.25, 0.3) is 5.60 Å². The molecule has 1 atom stereocenters. The first-order valence-electron chi connectivity index (χ1n) is 11.5. The topological polar surface area (TPSA) is 24.9 Å². The summed E-state index contributed by atoms with van der Waals surface area (Å²) >= 11 is 0. The van der Waals surface area contributed by atoms with E-state index in [0.29, 0.717) is 25.3 Å². The molecule has 0 N–H and O–H groups in total. The highest BCUT2D eigenvalue weighted by Gasteiger charge is 2.73. The molecule has 0 aromatic heterocycles. The number of rotatable bonds is 8.